The topological polar surface area (TPSA) is 34.1 Å². The van der Waals surface area contributed by atoms with Gasteiger partial charge in [0.15, 0.2) is 5.17 Å². The third-order valence-corrected chi connectivity index (χ3v) is 7.42. The van der Waals surface area contributed by atoms with Crippen molar-refractivity contribution < 1.29 is 9.47 Å². The van der Waals surface area contributed by atoms with Crippen molar-refractivity contribution in [1.82, 2.24) is 4.90 Å². The van der Waals surface area contributed by atoms with Gasteiger partial charge >= 0.3 is 0 Å². The standard InChI is InChI=1S/C31H31ClN2O2S.BrH/c1-23-9-14-27(19-30(23)32)33-31(37-22-26-7-5-4-6-8-26)34(20-24-10-15-28(35-2)16-11-24)21-25-12-17-29(36-3)18-13-25;/h4-19H,20-22H2,1-3H3;1H. The van der Waals surface area contributed by atoms with E-state index in [2.05, 4.69) is 53.4 Å². The van der Waals surface area contributed by atoms with E-state index in [4.69, 9.17) is 26.1 Å². The predicted octanol–water partition coefficient (Wildman–Crippen LogP) is 8.87. The quantitative estimate of drug-likeness (QED) is 0.140. The number of aliphatic imine (C=N–C) groups is 1. The van der Waals surface area contributed by atoms with Gasteiger partial charge in [-0.3, -0.25) is 0 Å². The maximum atomic E-state index is 6.45. The monoisotopic (exact) mass is 610 g/mol. The van der Waals surface area contributed by atoms with Crippen molar-refractivity contribution in [2.24, 2.45) is 4.99 Å². The highest BCUT2D eigenvalue weighted by Gasteiger charge is 2.16. The Kier molecular flexibility index (Phi) is 11.6. The van der Waals surface area contributed by atoms with Crippen molar-refractivity contribution in [3.05, 3.63) is 124 Å². The number of ether oxygens (including phenoxy) is 2. The average Bonchev–Trinajstić information content (AvgIpc) is 2.94. The van der Waals surface area contributed by atoms with Crippen LogP contribution in [0.1, 0.15) is 22.3 Å². The number of benzene rings is 4. The summed E-state index contributed by atoms with van der Waals surface area (Å²) in [6, 6.07) is 32.8. The first kappa shape index (κ1) is 29.6. The first-order valence-electron chi connectivity index (χ1n) is 12.1. The zero-order valence-corrected chi connectivity index (χ0v) is 25.0. The highest BCUT2D eigenvalue weighted by Crippen LogP contribution is 2.28. The van der Waals surface area contributed by atoms with E-state index in [0.29, 0.717) is 18.1 Å². The fourth-order valence-corrected chi connectivity index (χ4v) is 4.92. The van der Waals surface area contributed by atoms with E-state index in [1.807, 2.05) is 55.5 Å². The first-order chi connectivity index (χ1) is 18.0. The van der Waals surface area contributed by atoms with E-state index in [-0.39, 0.29) is 17.0 Å². The van der Waals surface area contributed by atoms with Crippen LogP contribution in [0.4, 0.5) is 5.69 Å². The van der Waals surface area contributed by atoms with Gasteiger partial charge in [0.2, 0.25) is 0 Å². The summed E-state index contributed by atoms with van der Waals surface area (Å²) in [5.74, 6) is 2.49. The van der Waals surface area contributed by atoms with E-state index in [1.54, 1.807) is 26.0 Å². The lowest BCUT2D eigenvalue weighted by molar-refractivity contribution is 0.405. The summed E-state index contributed by atoms with van der Waals surface area (Å²) in [5, 5.41) is 1.64. The number of rotatable bonds is 9. The second-order valence-electron chi connectivity index (χ2n) is 8.65. The first-order valence-corrected chi connectivity index (χ1v) is 13.4. The van der Waals surface area contributed by atoms with Crippen LogP contribution in [0, 0.1) is 6.92 Å². The van der Waals surface area contributed by atoms with Crippen LogP contribution in [-0.4, -0.2) is 24.3 Å². The van der Waals surface area contributed by atoms with E-state index < -0.39 is 0 Å². The molecule has 0 amide bonds. The van der Waals surface area contributed by atoms with Gasteiger partial charge < -0.3 is 14.4 Å². The van der Waals surface area contributed by atoms with Gasteiger partial charge in [0.1, 0.15) is 11.5 Å². The molecule has 0 heterocycles. The molecule has 0 atom stereocenters. The SMILES string of the molecule is Br.COc1ccc(CN(Cc2ccc(OC)cc2)C(=Nc2ccc(C)c(Cl)c2)SCc2ccccc2)cc1. The molecule has 0 unspecified atom stereocenters. The molecular formula is C31H32BrClN2O2S. The average molecular weight is 612 g/mol. The van der Waals surface area contributed by atoms with Gasteiger partial charge in [-0.1, -0.05) is 84.0 Å². The Balaban J connectivity index is 0.00000400. The smallest absolute Gasteiger partial charge is 0.165 e. The van der Waals surface area contributed by atoms with Gasteiger partial charge in [-0.05, 0) is 65.6 Å². The molecule has 0 fully saturated rings. The van der Waals surface area contributed by atoms with Crippen LogP contribution >= 0.6 is 40.3 Å². The molecular weight excluding hydrogens is 580 g/mol. The van der Waals surface area contributed by atoms with Crippen LogP contribution in [0.3, 0.4) is 0 Å². The van der Waals surface area contributed by atoms with Gasteiger partial charge in [-0.2, -0.15) is 0 Å². The molecule has 0 spiro atoms. The zero-order valence-electron chi connectivity index (χ0n) is 21.8. The Morgan fingerprint density at radius 2 is 1.32 bits per heavy atom. The molecule has 4 aromatic rings. The van der Waals surface area contributed by atoms with E-state index in [0.717, 1.165) is 33.7 Å². The van der Waals surface area contributed by atoms with E-state index >= 15 is 0 Å². The lowest BCUT2D eigenvalue weighted by Crippen LogP contribution is -2.28. The number of aryl methyl sites for hydroxylation is 1. The maximum absolute atomic E-state index is 6.45. The number of nitrogens with zero attached hydrogens (tertiary/aromatic N) is 2. The van der Waals surface area contributed by atoms with Crippen LogP contribution in [0.5, 0.6) is 11.5 Å². The minimum Gasteiger partial charge on any atom is -0.497 e. The van der Waals surface area contributed by atoms with Gasteiger partial charge in [-0.25, -0.2) is 4.99 Å². The molecule has 38 heavy (non-hydrogen) atoms. The lowest BCUT2D eigenvalue weighted by atomic mass is 10.1. The van der Waals surface area contributed by atoms with E-state index in [9.17, 15) is 0 Å². The summed E-state index contributed by atoms with van der Waals surface area (Å²) in [6.45, 7) is 3.38. The van der Waals surface area contributed by atoms with Crippen molar-refractivity contribution in [2.45, 2.75) is 25.8 Å². The number of amidine groups is 1. The number of methoxy groups -OCH3 is 2. The van der Waals surface area contributed by atoms with Crippen molar-refractivity contribution in [2.75, 3.05) is 14.2 Å². The van der Waals surface area contributed by atoms with Gasteiger partial charge in [0, 0.05) is 23.9 Å². The van der Waals surface area contributed by atoms with Crippen molar-refractivity contribution in [1.29, 1.82) is 0 Å². The largest absolute Gasteiger partial charge is 0.497 e. The van der Waals surface area contributed by atoms with Crippen LogP contribution < -0.4 is 9.47 Å². The third kappa shape index (κ3) is 8.55. The summed E-state index contributed by atoms with van der Waals surface area (Å²) in [6.07, 6.45) is 0. The Bertz CT molecular complexity index is 1270. The van der Waals surface area contributed by atoms with Crippen molar-refractivity contribution in [3.8, 4) is 11.5 Å². The van der Waals surface area contributed by atoms with Gasteiger partial charge in [-0.15, -0.1) is 17.0 Å². The van der Waals surface area contributed by atoms with Crippen molar-refractivity contribution >= 4 is 51.2 Å². The van der Waals surface area contributed by atoms with Gasteiger partial charge in [0.25, 0.3) is 0 Å². The molecule has 0 saturated carbocycles. The summed E-state index contributed by atoms with van der Waals surface area (Å²) >= 11 is 8.18. The van der Waals surface area contributed by atoms with Crippen LogP contribution in [0.2, 0.25) is 5.02 Å². The highest BCUT2D eigenvalue weighted by atomic mass is 79.9. The minimum atomic E-state index is 0. The third-order valence-electron chi connectivity index (χ3n) is 5.93. The molecule has 0 aliphatic rings. The second-order valence-corrected chi connectivity index (χ2v) is 10.0. The second kappa shape index (κ2) is 14.9. The minimum absolute atomic E-state index is 0. The van der Waals surface area contributed by atoms with Gasteiger partial charge in [0.05, 0.1) is 19.9 Å². The molecule has 198 valence electrons. The summed E-state index contributed by atoms with van der Waals surface area (Å²) < 4.78 is 10.7. The molecule has 0 N–H and O–H groups in total. The summed E-state index contributed by atoms with van der Waals surface area (Å²) in [4.78, 5) is 7.42. The Hall–Kier alpha value is -2.93. The summed E-state index contributed by atoms with van der Waals surface area (Å²) in [7, 11) is 3.37. The van der Waals surface area contributed by atoms with E-state index in [1.165, 1.54) is 16.7 Å². The number of thioether (sulfide) groups is 1. The normalized spacial score (nSPS) is 11.0. The number of hydrogen-bond donors (Lipinski definition) is 0. The van der Waals surface area contributed by atoms with Crippen LogP contribution in [0.25, 0.3) is 0 Å². The Morgan fingerprint density at radius 3 is 1.82 bits per heavy atom. The molecule has 0 aliphatic heterocycles. The zero-order chi connectivity index (χ0) is 26.0. The molecule has 0 saturated heterocycles. The molecule has 0 aromatic heterocycles. The maximum Gasteiger partial charge on any atom is 0.165 e. The molecule has 0 bridgehead atoms. The Labute approximate surface area is 245 Å². The molecule has 4 aromatic carbocycles. The molecule has 7 heteroatoms. The molecule has 0 radical (unpaired) electrons. The molecule has 4 rings (SSSR count). The van der Waals surface area contributed by atoms with Crippen molar-refractivity contribution in [3.63, 3.8) is 0 Å². The predicted molar refractivity (Wildman–Crippen MR) is 167 cm³/mol. The highest BCUT2D eigenvalue weighted by molar-refractivity contribution is 8.93. The molecule has 0 aliphatic carbocycles. The fraction of sp³-hybridized carbons (Fsp3) is 0.194. The fourth-order valence-electron chi connectivity index (χ4n) is 3.77. The summed E-state index contributed by atoms with van der Waals surface area (Å²) in [5.41, 5.74) is 5.46. The molecule has 4 nitrogen and oxygen atoms in total. The number of hydrogen-bond acceptors (Lipinski definition) is 4. The number of halogens is 2. The van der Waals surface area contributed by atoms with Crippen LogP contribution in [0.15, 0.2) is 102 Å². The van der Waals surface area contributed by atoms with Crippen LogP contribution in [-0.2, 0) is 18.8 Å². The lowest BCUT2D eigenvalue weighted by Gasteiger charge is -2.26. The Morgan fingerprint density at radius 1 is 0.763 bits per heavy atom.